The van der Waals surface area contributed by atoms with Crippen LogP contribution >= 0.6 is 0 Å². The second-order valence-corrected chi connectivity index (χ2v) is 12.1. The Morgan fingerprint density at radius 1 is 0.915 bits per heavy atom. The Morgan fingerprint density at radius 2 is 1.57 bits per heavy atom. The van der Waals surface area contributed by atoms with Crippen molar-refractivity contribution in [2.45, 2.75) is 71.3 Å². The van der Waals surface area contributed by atoms with E-state index in [0.29, 0.717) is 17.9 Å². The molecule has 7 heteroatoms. The van der Waals surface area contributed by atoms with Crippen LogP contribution in [0, 0.1) is 11.2 Å². The number of nitrogens with one attached hydrogen (secondary N) is 1. The van der Waals surface area contributed by atoms with Crippen molar-refractivity contribution in [3.05, 3.63) is 114 Å². The first-order chi connectivity index (χ1) is 22.3. The van der Waals surface area contributed by atoms with Crippen LogP contribution in [0.5, 0.6) is 0 Å². The van der Waals surface area contributed by atoms with Crippen LogP contribution < -0.4 is 34.7 Å². The monoisotopic (exact) mass is 645 g/mol. The van der Waals surface area contributed by atoms with E-state index in [9.17, 15) is 14.3 Å². The van der Waals surface area contributed by atoms with Gasteiger partial charge in [-0.15, -0.1) is 5.76 Å². The molecule has 3 aromatic rings. The molecule has 0 amide bonds. The van der Waals surface area contributed by atoms with Crippen molar-refractivity contribution < 1.29 is 43.8 Å². The van der Waals surface area contributed by atoms with E-state index in [4.69, 9.17) is 5.41 Å². The molecule has 1 aromatic heterocycles. The van der Waals surface area contributed by atoms with Crippen molar-refractivity contribution in [1.29, 1.82) is 5.41 Å². The van der Waals surface area contributed by atoms with Gasteiger partial charge < -0.3 is 20.0 Å². The molecule has 0 bridgehead atoms. The third-order valence-electron chi connectivity index (χ3n) is 7.95. The van der Waals surface area contributed by atoms with Crippen LogP contribution in [0.15, 0.2) is 96.3 Å². The fourth-order valence-corrected chi connectivity index (χ4v) is 5.45. The topological polar surface area (TPSA) is 72.2 Å². The molecule has 47 heavy (non-hydrogen) atoms. The van der Waals surface area contributed by atoms with Gasteiger partial charge in [0.05, 0.1) is 5.69 Å². The van der Waals surface area contributed by atoms with Crippen LogP contribution in [-0.2, 0) is 0 Å². The molecular weight excluding hydrogens is 596 g/mol. The molecule has 0 atom stereocenters. The summed E-state index contributed by atoms with van der Waals surface area (Å²) in [4.78, 5) is 14.5. The van der Waals surface area contributed by atoms with Crippen molar-refractivity contribution in [3.63, 3.8) is 0 Å². The molecular formula is C40H49FN3NaO2. The van der Waals surface area contributed by atoms with E-state index >= 15 is 0 Å². The molecule has 1 heterocycles. The first-order valence-corrected chi connectivity index (χ1v) is 16.3. The summed E-state index contributed by atoms with van der Waals surface area (Å²) >= 11 is 0. The molecule has 5 nitrogen and oxygen atoms in total. The number of halogens is 1. The Bertz CT molecular complexity index is 1510. The number of hydrogen-bond acceptors (Lipinski definition) is 4. The van der Waals surface area contributed by atoms with Crippen LogP contribution in [0.2, 0.25) is 0 Å². The third-order valence-corrected chi connectivity index (χ3v) is 7.95. The SMILES string of the molecule is CC(C)n1c(C=O)c(-c2ccccc2)c(-c2ccc(F)cc2)c1/C=C/CCCCC([O-])=C1CCC1.CN(C)CC/C=C/C=C\C=N.[Na+]. The number of nitrogens with zero attached hydrogens (tertiary/aromatic N) is 2. The summed E-state index contributed by atoms with van der Waals surface area (Å²) in [7, 11) is 4.11. The van der Waals surface area contributed by atoms with Gasteiger partial charge >= 0.3 is 29.6 Å². The summed E-state index contributed by atoms with van der Waals surface area (Å²) < 4.78 is 15.8. The number of carbonyl (C=O) groups is 1. The quantitative estimate of drug-likeness (QED) is 0.0517. The fourth-order valence-electron chi connectivity index (χ4n) is 5.45. The minimum atomic E-state index is -0.291. The van der Waals surface area contributed by atoms with Gasteiger partial charge in [0.25, 0.3) is 0 Å². The zero-order valence-electron chi connectivity index (χ0n) is 28.8. The van der Waals surface area contributed by atoms with Crippen LogP contribution in [0.1, 0.15) is 87.4 Å². The van der Waals surface area contributed by atoms with E-state index in [2.05, 4.69) is 55.6 Å². The Morgan fingerprint density at radius 3 is 2.15 bits per heavy atom. The molecule has 1 N–H and O–H groups in total. The second-order valence-electron chi connectivity index (χ2n) is 12.1. The number of aromatic nitrogens is 1. The zero-order chi connectivity index (χ0) is 33.3. The number of aldehydes is 1. The molecule has 0 spiro atoms. The smallest absolute Gasteiger partial charge is 0.875 e. The minimum absolute atomic E-state index is 0. The van der Waals surface area contributed by atoms with Gasteiger partial charge in [-0.05, 0) is 108 Å². The van der Waals surface area contributed by atoms with Gasteiger partial charge in [0.2, 0.25) is 0 Å². The van der Waals surface area contributed by atoms with Gasteiger partial charge in [-0.1, -0.05) is 78.8 Å². The van der Waals surface area contributed by atoms with Crippen molar-refractivity contribution >= 4 is 18.6 Å². The van der Waals surface area contributed by atoms with Crippen LogP contribution in [-0.4, -0.2) is 42.6 Å². The number of rotatable bonds is 15. The van der Waals surface area contributed by atoms with Crippen LogP contribution in [0.3, 0.4) is 0 Å². The summed E-state index contributed by atoms with van der Waals surface area (Å²) in [5.41, 5.74) is 6.30. The average Bonchev–Trinajstić information content (AvgIpc) is 3.35. The van der Waals surface area contributed by atoms with Crippen LogP contribution in [0.4, 0.5) is 4.39 Å². The van der Waals surface area contributed by atoms with E-state index < -0.39 is 0 Å². The maximum atomic E-state index is 13.8. The number of carbonyl (C=O) groups excluding carboxylic acids is 1. The fraction of sp³-hybridized carbons (Fsp3) is 0.350. The third kappa shape index (κ3) is 12.3. The molecule has 0 aliphatic heterocycles. The van der Waals surface area contributed by atoms with E-state index in [-0.39, 0.29) is 41.4 Å². The maximum Gasteiger partial charge on any atom is 1.00 e. The number of allylic oxidation sites excluding steroid dienone is 6. The maximum absolute atomic E-state index is 13.8. The number of hydrogen-bond donors (Lipinski definition) is 1. The first kappa shape index (κ1) is 39.9. The second kappa shape index (κ2) is 21.6. The first-order valence-electron chi connectivity index (χ1n) is 16.3. The van der Waals surface area contributed by atoms with Crippen molar-refractivity contribution in [2.24, 2.45) is 0 Å². The Labute approximate surface area is 303 Å². The Balaban J connectivity index is 0.000000551. The molecule has 4 rings (SSSR count). The van der Waals surface area contributed by atoms with Gasteiger partial charge in [0.1, 0.15) is 5.82 Å². The molecule has 1 saturated carbocycles. The van der Waals surface area contributed by atoms with Crippen molar-refractivity contribution in [2.75, 3.05) is 20.6 Å². The van der Waals surface area contributed by atoms with Gasteiger partial charge in [0, 0.05) is 35.6 Å². The normalized spacial score (nSPS) is 12.8. The molecule has 1 fully saturated rings. The minimum Gasteiger partial charge on any atom is -0.875 e. The summed E-state index contributed by atoms with van der Waals surface area (Å²) in [5.74, 6) is 0.0521. The largest absolute Gasteiger partial charge is 1.00 e. The average molecular weight is 646 g/mol. The molecule has 0 saturated heterocycles. The molecule has 0 unspecified atom stereocenters. The predicted octanol–water partition coefficient (Wildman–Crippen LogP) is 6.43. The summed E-state index contributed by atoms with van der Waals surface area (Å²) in [5, 5.41) is 18.8. The summed E-state index contributed by atoms with van der Waals surface area (Å²) in [6, 6.07) is 16.4. The standard InChI is InChI=1S/C31H34FNO2.C9H16N2.Na/c1-22(2)33-27(15-8-3-4-9-16-29(35)23-13-10-14-23)30(25-17-19-26(32)20-18-25)31(28(33)21-34)24-11-6-5-7-12-24;1-11(2)9-7-5-3-4-6-8-10;/h5-8,11-12,15,17-22,35H,3-4,9-10,13-14,16H2,1-2H3;3-6,8,10H,7,9H2,1-2H3;/q;;+1/p-1/b15-8+;5-3+,6-4-,10-8?;. The zero-order valence-corrected chi connectivity index (χ0v) is 30.8. The van der Waals surface area contributed by atoms with Crippen molar-refractivity contribution in [1.82, 2.24) is 9.47 Å². The van der Waals surface area contributed by atoms with Gasteiger partial charge in [-0.2, -0.15) is 0 Å². The number of unbranched alkanes of at least 4 members (excludes halogenated alkanes) is 2. The molecule has 0 radical (unpaired) electrons. The molecule has 1 aliphatic rings. The van der Waals surface area contributed by atoms with Crippen molar-refractivity contribution in [3.8, 4) is 22.3 Å². The Kier molecular flexibility index (Phi) is 18.3. The predicted molar refractivity (Wildman–Crippen MR) is 190 cm³/mol. The van der Waals surface area contributed by atoms with Gasteiger partial charge in [-0.3, -0.25) is 4.79 Å². The van der Waals surface area contributed by atoms with Gasteiger partial charge in [-0.25, -0.2) is 4.39 Å². The Hall–Kier alpha value is -3.29. The van der Waals surface area contributed by atoms with E-state index in [1.807, 2.05) is 42.5 Å². The molecule has 1 aliphatic carbocycles. The van der Waals surface area contributed by atoms with E-state index in [0.717, 1.165) is 91.3 Å². The molecule has 244 valence electrons. The number of benzene rings is 2. The van der Waals surface area contributed by atoms with E-state index in [1.54, 1.807) is 18.2 Å². The van der Waals surface area contributed by atoms with Gasteiger partial charge in [0.15, 0.2) is 6.29 Å². The summed E-state index contributed by atoms with van der Waals surface area (Å²) in [6.45, 7) is 5.21. The van der Waals surface area contributed by atoms with Crippen LogP contribution in [0.25, 0.3) is 28.3 Å². The molecule has 2 aromatic carbocycles. The summed E-state index contributed by atoms with van der Waals surface area (Å²) in [6.07, 6.45) is 21.6. The van der Waals surface area contributed by atoms with E-state index in [1.165, 1.54) is 18.3 Å².